The fourth-order valence-corrected chi connectivity index (χ4v) is 2.65. The van der Waals surface area contributed by atoms with Crippen LogP contribution in [0.25, 0.3) is 0 Å². The Morgan fingerprint density at radius 3 is 3.09 bits per heavy atom. The van der Waals surface area contributed by atoms with E-state index in [0.717, 1.165) is 17.3 Å². The van der Waals surface area contributed by atoms with Crippen molar-refractivity contribution in [1.82, 2.24) is 10.3 Å². The minimum Gasteiger partial charge on any atom is -0.319 e. The van der Waals surface area contributed by atoms with Crippen LogP contribution in [0.1, 0.15) is 5.01 Å². The molecular formula is C7H12N2S2. The molecule has 0 fully saturated rings. The van der Waals surface area contributed by atoms with Gasteiger partial charge in [0.15, 0.2) is 0 Å². The summed E-state index contributed by atoms with van der Waals surface area (Å²) in [6.07, 6.45) is 1.94. The van der Waals surface area contributed by atoms with Gasteiger partial charge >= 0.3 is 0 Å². The van der Waals surface area contributed by atoms with E-state index < -0.39 is 0 Å². The first kappa shape index (κ1) is 9.03. The Morgan fingerprint density at radius 1 is 1.73 bits per heavy atom. The first-order chi connectivity index (χ1) is 5.33. The zero-order chi connectivity index (χ0) is 8.10. The standard InChI is InChI=1S/C7H12N2S2/c1-6-9-5-7(11-6)10-4-3-8-2/h5,8H,3-4H2,1-2H3. The first-order valence-corrected chi connectivity index (χ1v) is 5.33. The zero-order valence-electron chi connectivity index (χ0n) is 6.76. The fourth-order valence-electron chi connectivity index (χ4n) is 0.662. The number of rotatable bonds is 4. The summed E-state index contributed by atoms with van der Waals surface area (Å²) in [5, 5.41) is 4.26. The van der Waals surface area contributed by atoms with Crippen LogP contribution in [0, 0.1) is 6.92 Å². The highest BCUT2D eigenvalue weighted by molar-refractivity contribution is 8.01. The Balaban J connectivity index is 2.27. The zero-order valence-corrected chi connectivity index (χ0v) is 8.39. The maximum atomic E-state index is 4.17. The number of nitrogens with zero attached hydrogens (tertiary/aromatic N) is 1. The molecule has 1 N–H and O–H groups in total. The molecule has 4 heteroatoms. The van der Waals surface area contributed by atoms with Crippen LogP contribution in [0.5, 0.6) is 0 Å². The van der Waals surface area contributed by atoms with Gasteiger partial charge in [0, 0.05) is 12.3 Å². The number of aromatic nitrogens is 1. The lowest BCUT2D eigenvalue weighted by Crippen LogP contribution is -2.09. The molecule has 1 aromatic rings. The van der Waals surface area contributed by atoms with Gasteiger partial charge in [-0.25, -0.2) is 4.98 Å². The van der Waals surface area contributed by atoms with Crippen LogP contribution in [0.15, 0.2) is 10.4 Å². The summed E-state index contributed by atoms with van der Waals surface area (Å²) in [6, 6.07) is 0. The summed E-state index contributed by atoms with van der Waals surface area (Å²) in [5.41, 5.74) is 0. The van der Waals surface area contributed by atoms with Crippen molar-refractivity contribution in [1.29, 1.82) is 0 Å². The molecule has 0 amide bonds. The lowest BCUT2D eigenvalue weighted by molar-refractivity contribution is 0.872. The van der Waals surface area contributed by atoms with Gasteiger partial charge in [0.2, 0.25) is 0 Å². The molecule has 0 radical (unpaired) electrons. The van der Waals surface area contributed by atoms with Crippen LogP contribution in [0.2, 0.25) is 0 Å². The normalized spacial score (nSPS) is 10.4. The highest BCUT2D eigenvalue weighted by atomic mass is 32.2. The number of aryl methyl sites for hydroxylation is 1. The van der Waals surface area contributed by atoms with E-state index >= 15 is 0 Å². The van der Waals surface area contributed by atoms with Crippen LogP contribution < -0.4 is 5.32 Å². The summed E-state index contributed by atoms with van der Waals surface area (Å²) < 4.78 is 1.32. The molecule has 0 atom stereocenters. The van der Waals surface area contributed by atoms with Crippen LogP contribution in [-0.2, 0) is 0 Å². The molecule has 0 aliphatic heterocycles. The van der Waals surface area contributed by atoms with E-state index in [2.05, 4.69) is 10.3 Å². The van der Waals surface area contributed by atoms with E-state index in [0.29, 0.717) is 0 Å². The van der Waals surface area contributed by atoms with E-state index in [9.17, 15) is 0 Å². The number of hydrogen-bond donors (Lipinski definition) is 1. The number of thioether (sulfide) groups is 1. The largest absolute Gasteiger partial charge is 0.319 e. The monoisotopic (exact) mass is 188 g/mol. The van der Waals surface area contributed by atoms with Crippen LogP contribution in [0.3, 0.4) is 0 Å². The quantitative estimate of drug-likeness (QED) is 0.576. The maximum Gasteiger partial charge on any atom is 0.0905 e. The third-order valence-corrected chi connectivity index (χ3v) is 3.31. The van der Waals surface area contributed by atoms with Crippen molar-refractivity contribution in [3.05, 3.63) is 11.2 Å². The molecule has 1 aromatic heterocycles. The Bertz CT molecular complexity index is 210. The second-order valence-corrected chi connectivity index (χ2v) is 4.78. The lowest BCUT2D eigenvalue weighted by Gasteiger charge is -1.94. The summed E-state index contributed by atoms with van der Waals surface area (Å²) in [7, 11) is 1.97. The van der Waals surface area contributed by atoms with Crippen molar-refractivity contribution in [2.45, 2.75) is 11.1 Å². The smallest absolute Gasteiger partial charge is 0.0905 e. The third kappa shape index (κ3) is 3.22. The van der Waals surface area contributed by atoms with Gasteiger partial charge in [-0.3, -0.25) is 0 Å². The van der Waals surface area contributed by atoms with Crippen molar-refractivity contribution in [2.24, 2.45) is 0 Å². The minimum absolute atomic E-state index is 1.06. The van der Waals surface area contributed by atoms with E-state index in [1.807, 2.05) is 31.9 Å². The average Bonchev–Trinajstić information content (AvgIpc) is 2.37. The van der Waals surface area contributed by atoms with Gasteiger partial charge < -0.3 is 5.32 Å². The number of nitrogens with one attached hydrogen (secondary N) is 1. The van der Waals surface area contributed by atoms with Gasteiger partial charge in [-0.1, -0.05) is 0 Å². The van der Waals surface area contributed by atoms with E-state index in [-0.39, 0.29) is 0 Å². The van der Waals surface area contributed by atoms with Gasteiger partial charge in [0.1, 0.15) is 0 Å². The van der Waals surface area contributed by atoms with Crippen molar-refractivity contribution >= 4 is 23.1 Å². The van der Waals surface area contributed by atoms with E-state index in [1.165, 1.54) is 4.21 Å². The molecule has 0 bridgehead atoms. The highest BCUT2D eigenvalue weighted by Crippen LogP contribution is 2.23. The molecule has 0 spiro atoms. The van der Waals surface area contributed by atoms with Gasteiger partial charge in [0.05, 0.1) is 15.4 Å². The summed E-state index contributed by atoms with van der Waals surface area (Å²) in [5.74, 6) is 1.12. The van der Waals surface area contributed by atoms with Crippen LogP contribution in [-0.4, -0.2) is 24.3 Å². The van der Waals surface area contributed by atoms with Crippen molar-refractivity contribution in [3.63, 3.8) is 0 Å². The molecular weight excluding hydrogens is 176 g/mol. The van der Waals surface area contributed by atoms with Gasteiger partial charge in [-0.2, -0.15) is 0 Å². The third-order valence-electron chi connectivity index (χ3n) is 1.20. The molecule has 11 heavy (non-hydrogen) atoms. The molecule has 0 aliphatic carbocycles. The maximum absolute atomic E-state index is 4.17. The molecule has 0 aliphatic rings. The Hall–Kier alpha value is -0.0600. The minimum atomic E-state index is 1.06. The summed E-state index contributed by atoms with van der Waals surface area (Å²) >= 11 is 3.62. The van der Waals surface area contributed by atoms with E-state index in [1.54, 1.807) is 11.3 Å². The summed E-state index contributed by atoms with van der Waals surface area (Å²) in [6.45, 7) is 3.09. The van der Waals surface area contributed by atoms with Crippen molar-refractivity contribution < 1.29 is 0 Å². The van der Waals surface area contributed by atoms with Crippen LogP contribution >= 0.6 is 23.1 Å². The van der Waals surface area contributed by atoms with Crippen LogP contribution in [0.4, 0.5) is 0 Å². The predicted molar refractivity (Wildman–Crippen MR) is 51.5 cm³/mol. The van der Waals surface area contributed by atoms with Gasteiger partial charge in [-0.05, 0) is 14.0 Å². The fraction of sp³-hybridized carbons (Fsp3) is 0.571. The van der Waals surface area contributed by atoms with Crippen molar-refractivity contribution in [3.8, 4) is 0 Å². The van der Waals surface area contributed by atoms with Crippen molar-refractivity contribution in [2.75, 3.05) is 19.3 Å². The molecule has 0 unspecified atom stereocenters. The number of thiazole rings is 1. The second-order valence-electron chi connectivity index (χ2n) is 2.15. The molecule has 1 rings (SSSR count). The Kier molecular flexibility index (Phi) is 3.90. The topological polar surface area (TPSA) is 24.9 Å². The van der Waals surface area contributed by atoms with Gasteiger partial charge in [-0.15, -0.1) is 23.1 Å². The molecule has 0 saturated carbocycles. The molecule has 0 aromatic carbocycles. The first-order valence-electron chi connectivity index (χ1n) is 3.53. The van der Waals surface area contributed by atoms with E-state index in [4.69, 9.17) is 0 Å². The number of hydrogen-bond acceptors (Lipinski definition) is 4. The SMILES string of the molecule is CNCCSc1cnc(C)s1. The second kappa shape index (κ2) is 4.74. The molecule has 2 nitrogen and oxygen atoms in total. The highest BCUT2D eigenvalue weighted by Gasteiger charge is 1.96. The Labute approximate surface area is 75.4 Å². The summed E-state index contributed by atoms with van der Waals surface area (Å²) in [4.78, 5) is 4.17. The lowest BCUT2D eigenvalue weighted by atomic mass is 10.8. The molecule has 0 saturated heterocycles. The molecule has 1 heterocycles. The van der Waals surface area contributed by atoms with Gasteiger partial charge in [0.25, 0.3) is 0 Å². The Morgan fingerprint density at radius 2 is 2.55 bits per heavy atom. The molecule has 62 valence electrons. The predicted octanol–water partition coefficient (Wildman–Crippen LogP) is 1.76. The average molecular weight is 188 g/mol.